The van der Waals surface area contributed by atoms with Crippen molar-refractivity contribution >= 4 is 5.71 Å². The minimum Gasteiger partial charge on any atom is -0.394 e. The Morgan fingerprint density at radius 3 is 2.63 bits per heavy atom. The number of fused-ring (bicyclic) bond motifs is 5. The lowest BCUT2D eigenvalue weighted by molar-refractivity contribution is -0.0860. The lowest BCUT2D eigenvalue weighted by atomic mass is 9.45. The van der Waals surface area contributed by atoms with Gasteiger partial charge in [-0.2, -0.15) is 0 Å². The molecule has 27 heavy (non-hydrogen) atoms. The van der Waals surface area contributed by atoms with Gasteiger partial charge in [0.1, 0.15) is 6.61 Å². The van der Waals surface area contributed by atoms with Gasteiger partial charge in [0.15, 0.2) is 0 Å². The zero-order valence-corrected chi connectivity index (χ0v) is 18.0. The summed E-state index contributed by atoms with van der Waals surface area (Å²) in [5, 5.41) is 4.49. The van der Waals surface area contributed by atoms with Crippen LogP contribution in [-0.4, -0.2) is 17.9 Å². The number of allylic oxidation sites excluding steroid dienone is 1. The molecule has 0 aliphatic heterocycles. The number of nitrogens with two attached hydrogens (primary N) is 1. The van der Waals surface area contributed by atoms with Gasteiger partial charge in [0.25, 0.3) is 0 Å². The molecule has 3 heteroatoms. The third kappa shape index (κ3) is 3.28. The molecule has 4 aliphatic rings. The topological polar surface area (TPSA) is 47.6 Å². The van der Waals surface area contributed by atoms with Gasteiger partial charge in [-0.25, -0.2) is 0 Å². The molecule has 0 saturated heterocycles. The molecule has 4 fully saturated rings. The van der Waals surface area contributed by atoms with E-state index >= 15 is 0 Å². The van der Waals surface area contributed by atoms with Crippen molar-refractivity contribution in [2.45, 2.75) is 91.0 Å². The van der Waals surface area contributed by atoms with Crippen molar-refractivity contribution < 1.29 is 4.84 Å². The highest BCUT2D eigenvalue weighted by molar-refractivity contribution is 5.85. The number of oxime groups is 1. The minimum absolute atomic E-state index is 0.314. The van der Waals surface area contributed by atoms with Crippen LogP contribution >= 0.6 is 0 Å². The molecule has 0 aromatic carbocycles. The van der Waals surface area contributed by atoms with Gasteiger partial charge in [-0.15, -0.1) is 0 Å². The summed E-state index contributed by atoms with van der Waals surface area (Å²) in [6.45, 7) is 14.1. The van der Waals surface area contributed by atoms with E-state index in [4.69, 9.17) is 10.6 Å². The third-order valence-corrected chi connectivity index (χ3v) is 9.08. The van der Waals surface area contributed by atoms with Crippen LogP contribution in [0.2, 0.25) is 0 Å². The molecule has 4 unspecified atom stereocenters. The predicted octanol–water partition coefficient (Wildman–Crippen LogP) is 5.70. The van der Waals surface area contributed by atoms with E-state index in [9.17, 15) is 0 Å². The highest BCUT2D eigenvalue weighted by Gasteiger charge is 2.58. The molecule has 2 N–H and O–H groups in total. The average molecular weight is 373 g/mol. The minimum atomic E-state index is -0.314. The summed E-state index contributed by atoms with van der Waals surface area (Å²) in [4.78, 5) is 5.59. The van der Waals surface area contributed by atoms with E-state index in [0.717, 1.165) is 36.5 Å². The van der Waals surface area contributed by atoms with Crippen molar-refractivity contribution in [3.05, 3.63) is 12.2 Å². The fourth-order valence-electron chi connectivity index (χ4n) is 7.34. The lowest BCUT2D eigenvalue weighted by Crippen LogP contribution is -2.52. The van der Waals surface area contributed by atoms with E-state index in [1.54, 1.807) is 5.57 Å². The summed E-state index contributed by atoms with van der Waals surface area (Å²) in [6.07, 6.45) is 11.8. The summed E-state index contributed by atoms with van der Waals surface area (Å²) in [7, 11) is 0. The third-order valence-electron chi connectivity index (χ3n) is 9.08. The molecule has 152 valence electrons. The number of hydrogen-bond donors (Lipinski definition) is 1. The monoisotopic (exact) mass is 372 g/mol. The molecule has 0 heterocycles. The fraction of sp³-hybridized carbons (Fsp3) is 0.875. The average Bonchev–Trinajstić information content (AvgIpc) is 2.89. The van der Waals surface area contributed by atoms with E-state index in [1.165, 1.54) is 50.7 Å². The van der Waals surface area contributed by atoms with Crippen LogP contribution < -0.4 is 5.73 Å². The quantitative estimate of drug-likeness (QED) is 0.510. The van der Waals surface area contributed by atoms with Gasteiger partial charge in [0.05, 0.1) is 5.71 Å². The van der Waals surface area contributed by atoms with Crippen molar-refractivity contribution in [2.75, 3.05) is 6.61 Å². The van der Waals surface area contributed by atoms with Crippen molar-refractivity contribution in [3.8, 4) is 0 Å². The van der Waals surface area contributed by atoms with Crippen molar-refractivity contribution in [1.29, 1.82) is 0 Å². The van der Waals surface area contributed by atoms with E-state index in [0.29, 0.717) is 17.4 Å². The largest absolute Gasteiger partial charge is 0.394 e. The lowest BCUT2D eigenvalue weighted by Gasteiger charge is -2.60. The molecule has 3 nitrogen and oxygen atoms in total. The molecule has 0 aromatic rings. The standard InChI is InChI=1S/C24H40N2O/c1-16-6-9-20-19-8-7-17-14-18(26-27-15-22(2,3)25)10-12-24(17,5)21(19)11-13-23(16,20)4/h17,19-21H,1,6-15,25H2,2-5H3/t17?,19?,20?,21?,23-,24+/m1/s1. The Bertz CT molecular complexity index is 633. The van der Waals surface area contributed by atoms with Gasteiger partial charge in [0.2, 0.25) is 0 Å². The van der Waals surface area contributed by atoms with Crippen LogP contribution in [0.1, 0.15) is 85.5 Å². The van der Waals surface area contributed by atoms with Crippen molar-refractivity contribution in [3.63, 3.8) is 0 Å². The maximum Gasteiger partial charge on any atom is 0.134 e. The Labute approximate surface area is 166 Å². The normalized spacial score (nSPS) is 46.0. The molecule has 0 bridgehead atoms. The molecule has 4 rings (SSSR count). The van der Waals surface area contributed by atoms with Crippen LogP contribution in [0.25, 0.3) is 0 Å². The van der Waals surface area contributed by atoms with Gasteiger partial charge < -0.3 is 10.6 Å². The number of hydrogen-bond acceptors (Lipinski definition) is 3. The molecular weight excluding hydrogens is 332 g/mol. The molecule has 0 amide bonds. The molecule has 0 spiro atoms. The predicted molar refractivity (Wildman–Crippen MR) is 113 cm³/mol. The molecular formula is C24H40N2O. The Morgan fingerprint density at radius 2 is 1.89 bits per heavy atom. The summed E-state index contributed by atoms with van der Waals surface area (Å²) < 4.78 is 0. The van der Waals surface area contributed by atoms with Crippen LogP contribution in [0.5, 0.6) is 0 Å². The second-order valence-electron chi connectivity index (χ2n) is 11.4. The smallest absolute Gasteiger partial charge is 0.134 e. The first-order valence-corrected chi connectivity index (χ1v) is 11.3. The zero-order valence-electron chi connectivity index (χ0n) is 18.0. The van der Waals surface area contributed by atoms with Gasteiger partial charge in [0, 0.05) is 5.54 Å². The molecule has 4 saturated carbocycles. The van der Waals surface area contributed by atoms with Gasteiger partial charge in [-0.3, -0.25) is 0 Å². The Morgan fingerprint density at radius 1 is 1.11 bits per heavy atom. The van der Waals surface area contributed by atoms with E-state index in [-0.39, 0.29) is 5.54 Å². The fourth-order valence-corrected chi connectivity index (χ4v) is 7.34. The number of rotatable bonds is 3. The van der Waals surface area contributed by atoms with Crippen molar-refractivity contribution in [2.24, 2.45) is 45.4 Å². The van der Waals surface area contributed by atoms with Gasteiger partial charge >= 0.3 is 0 Å². The highest BCUT2D eigenvalue weighted by atomic mass is 16.6. The summed E-state index contributed by atoms with van der Waals surface area (Å²) in [5.74, 6) is 3.52. The van der Waals surface area contributed by atoms with Crippen LogP contribution in [0, 0.1) is 34.5 Å². The summed E-state index contributed by atoms with van der Waals surface area (Å²) >= 11 is 0. The van der Waals surface area contributed by atoms with E-state index in [2.05, 4.69) is 25.6 Å². The second-order valence-corrected chi connectivity index (χ2v) is 11.4. The highest BCUT2D eigenvalue weighted by Crippen LogP contribution is 2.66. The summed E-state index contributed by atoms with van der Waals surface area (Å²) in [6, 6.07) is 0. The van der Waals surface area contributed by atoms with Crippen molar-refractivity contribution in [1.82, 2.24) is 0 Å². The SMILES string of the molecule is C=C1CCC2C3CCC4CC(=NOCC(C)(C)N)CC[C@]4(C)C3CC[C@]12C. The van der Waals surface area contributed by atoms with Crippen LogP contribution in [0.3, 0.4) is 0 Å². The Balaban J connectivity index is 1.46. The second kappa shape index (κ2) is 6.61. The Kier molecular flexibility index (Phi) is 4.77. The first-order valence-electron chi connectivity index (χ1n) is 11.3. The maximum atomic E-state index is 6.01. The Hall–Kier alpha value is -0.830. The van der Waals surface area contributed by atoms with Crippen LogP contribution in [0.15, 0.2) is 17.3 Å². The van der Waals surface area contributed by atoms with Crippen LogP contribution in [-0.2, 0) is 4.84 Å². The van der Waals surface area contributed by atoms with Gasteiger partial charge in [-0.05, 0) is 106 Å². The molecule has 0 radical (unpaired) electrons. The summed E-state index contributed by atoms with van der Waals surface area (Å²) in [5.41, 5.74) is 9.46. The molecule has 0 aromatic heterocycles. The maximum absolute atomic E-state index is 6.01. The first kappa shape index (κ1) is 19.5. The van der Waals surface area contributed by atoms with E-state index < -0.39 is 0 Å². The van der Waals surface area contributed by atoms with Gasteiger partial charge in [-0.1, -0.05) is 31.2 Å². The zero-order chi connectivity index (χ0) is 19.4. The van der Waals surface area contributed by atoms with E-state index in [1.807, 2.05) is 13.8 Å². The first-order chi connectivity index (χ1) is 12.6. The van der Waals surface area contributed by atoms with Crippen LogP contribution in [0.4, 0.5) is 0 Å². The molecule has 4 aliphatic carbocycles. The molecule has 6 atom stereocenters. The number of nitrogens with zero attached hydrogens (tertiary/aromatic N) is 1.